The van der Waals surface area contributed by atoms with E-state index in [2.05, 4.69) is 59.5 Å². The van der Waals surface area contributed by atoms with Crippen molar-refractivity contribution < 1.29 is 3.79 Å². The Morgan fingerprint density at radius 2 is 1.67 bits per heavy atom. The van der Waals surface area contributed by atoms with Crippen LogP contribution in [0.1, 0.15) is 48.5 Å². The van der Waals surface area contributed by atoms with Crippen LogP contribution in [0.5, 0.6) is 0 Å². The van der Waals surface area contributed by atoms with Gasteiger partial charge in [-0.25, -0.2) is 10.0 Å². The maximum atomic E-state index is 6.44. The fraction of sp³-hybridized carbons (Fsp3) is 0.786. The molecule has 0 aromatic rings. The van der Waals surface area contributed by atoms with Crippen molar-refractivity contribution in [3.8, 4) is 0 Å². The Balaban J connectivity index is 5.05. The highest BCUT2D eigenvalue weighted by Gasteiger charge is 2.38. The Bertz CT molecular complexity index is 316. The van der Waals surface area contributed by atoms with E-state index in [1.807, 2.05) is 7.05 Å². The van der Waals surface area contributed by atoms with Crippen molar-refractivity contribution in [2.75, 3.05) is 7.05 Å². The van der Waals surface area contributed by atoms with Crippen LogP contribution < -0.4 is 0 Å². The van der Waals surface area contributed by atoms with Gasteiger partial charge in [0.1, 0.15) is 0 Å². The number of allylic oxidation sites excluding steroid dienone is 2. The third kappa shape index (κ3) is 6.27. The predicted octanol–water partition coefficient (Wildman–Crippen LogP) is 4.80. The van der Waals surface area contributed by atoms with E-state index >= 15 is 0 Å². The van der Waals surface area contributed by atoms with Crippen molar-refractivity contribution in [2.24, 2.45) is 16.8 Å². The van der Waals surface area contributed by atoms with Gasteiger partial charge in [0.15, 0.2) is 0 Å². The van der Waals surface area contributed by atoms with Gasteiger partial charge in [-0.2, -0.15) is 0 Å². The van der Waals surface area contributed by atoms with Gasteiger partial charge in [0.05, 0.1) is 5.76 Å². The Morgan fingerprint density at radius 1 is 1.17 bits per heavy atom. The van der Waals surface area contributed by atoms with Crippen LogP contribution in [-0.4, -0.2) is 26.3 Å². The van der Waals surface area contributed by atoms with E-state index in [-0.39, 0.29) is 4.28 Å². The molecule has 0 heterocycles. The van der Waals surface area contributed by atoms with E-state index in [1.165, 1.54) is 0 Å². The summed E-state index contributed by atoms with van der Waals surface area (Å²) >= 11 is -1.76. The highest BCUT2D eigenvalue weighted by Crippen LogP contribution is 2.32. The Kier molecular flexibility index (Phi) is 7.59. The minimum absolute atomic E-state index is 0.0525. The first kappa shape index (κ1) is 18.0. The monoisotopic (exact) mass is 287 g/mol. The molecule has 4 heteroatoms. The van der Waals surface area contributed by atoms with E-state index in [0.29, 0.717) is 11.8 Å². The molecule has 0 rings (SSSR count). The molecule has 0 aliphatic rings. The van der Waals surface area contributed by atoms with Crippen LogP contribution in [0.25, 0.3) is 0 Å². The van der Waals surface area contributed by atoms with Crippen molar-refractivity contribution in [1.82, 2.24) is 0 Å². The standard InChI is InChI=1S/C10H19NO.C4H9.Al.ClH/c1-7(2)9(11-5)6-10(12)8(3)4;1-4(2)3;;/h6-8,12H,1-5H3;1-3H3;;1H/q;;+2;/p-2/b10-6-,11-9?;;;. The minimum atomic E-state index is -1.76. The smallest absolute Gasteiger partial charge is 0.634 e. The quantitative estimate of drug-likeness (QED) is 0.404. The van der Waals surface area contributed by atoms with E-state index in [4.69, 9.17) is 13.8 Å². The van der Waals surface area contributed by atoms with E-state index in [9.17, 15) is 0 Å². The van der Waals surface area contributed by atoms with Gasteiger partial charge in [-0.15, -0.1) is 0 Å². The number of aliphatic imine (C=N–C) groups is 1. The summed E-state index contributed by atoms with van der Waals surface area (Å²) in [6.45, 7) is 14.9. The number of hydrogen-bond acceptors (Lipinski definition) is 2. The van der Waals surface area contributed by atoms with Gasteiger partial charge in [-0.3, -0.25) is 4.99 Å². The lowest BCUT2D eigenvalue weighted by Gasteiger charge is -2.25. The molecule has 104 valence electrons. The van der Waals surface area contributed by atoms with Crippen LogP contribution in [-0.2, 0) is 3.79 Å². The van der Waals surface area contributed by atoms with Crippen molar-refractivity contribution >= 4 is 29.3 Å². The fourth-order valence-electron chi connectivity index (χ4n) is 1.27. The maximum absolute atomic E-state index is 6.44. The van der Waals surface area contributed by atoms with Crippen molar-refractivity contribution in [3.63, 3.8) is 0 Å². The summed E-state index contributed by atoms with van der Waals surface area (Å²) in [5.41, 5.74) is 1.06. The SMILES string of the molecule is CN=C(/C=C(\[O][Al]([Cl])[C](C)(C)C)C(C)C)C(C)C. The molecule has 0 saturated carbocycles. The lowest BCUT2D eigenvalue weighted by Crippen LogP contribution is -2.25. The normalized spacial score (nSPS) is 14.4. The average molecular weight is 288 g/mol. The van der Waals surface area contributed by atoms with Crippen LogP contribution in [0.3, 0.4) is 0 Å². The molecule has 0 fully saturated rings. The van der Waals surface area contributed by atoms with Gasteiger partial charge >= 0.3 is 13.6 Å². The summed E-state index contributed by atoms with van der Waals surface area (Å²) in [4.78, 5) is 4.31. The van der Waals surface area contributed by atoms with Crippen LogP contribution >= 0.6 is 10.0 Å². The summed E-state index contributed by atoms with van der Waals surface area (Å²) < 4.78 is 6.10. The zero-order valence-corrected chi connectivity index (χ0v) is 15.0. The number of nitrogens with zero attached hydrogens (tertiary/aromatic N) is 1. The molecule has 0 N–H and O–H groups in total. The first-order chi connectivity index (χ1) is 8.09. The topological polar surface area (TPSA) is 21.6 Å². The molecule has 0 spiro atoms. The molecule has 0 unspecified atom stereocenters. The Hall–Kier alpha value is 0.0325. The summed E-state index contributed by atoms with van der Waals surface area (Å²) in [5.74, 6) is 1.69. The van der Waals surface area contributed by atoms with Gasteiger partial charge in [0, 0.05) is 18.7 Å². The minimum Gasteiger partial charge on any atom is -0.634 e. The molecule has 0 amide bonds. The third-order valence-electron chi connectivity index (χ3n) is 2.63. The summed E-state index contributed by atoms with van der Waals surface area (Å²) in [6, 6.07) is 0. The van der Waals surface area contributed by atoms with Gasteiger partial charge in [0.2, 0.25) is 0 Å². The Labute approximate surface area is 121 Å². The lowest BCUT2D eigenvalue weighted by molar-refractivity contribution is 0.365. The largest absolute Gasteiger partial charge is 0.685 e. The van der Waals surface area contributed by atoms with E-state index < -0.39 is 13.6 Å². The molecule has 0 aromatic heterocycles. The second kappa shape index (κ2) is 7.58. The number of rotatable bonds is 5. The molecule has 0 aliphatic heterocycles. The zero-order valence-electron chi connectivity index (χ0n) is 13.0. The molecule has 0 bridgehead atoms. The molecule has 0 saturated heterocycles. The average Bonchev–Trinajstić information content (AvgIpc) is 2.21. The second-order valence-electron chi connectivity index (χ2n) is 6.30. The van der Waals surface area contributed by atoms with Crippen molar-refractivity contribution in [3.05, 3.63) is 11.8 Å². The summed E-state index contributed by atoms with van der Waals surface area (Å²) in [6.07, 6.45) is 2.06. The molecular weight excluding hydrogens is 261 g/mol. The van der Waals surface area contributed by atoms with Gasteiger partial charge in [-0.05, 0) is 16.3 Å². The van der Waals surface area contributed by atoms with Crippen molar-refractivity contribution in [2.45, 2.75) is 52.7 Å². The fourth-order valence-corrected chi connectivity index (χ4v) is 2.51. The highest BCUT2D eigenvalue weighted by atomic mass is 35.6. The Morgan fingerprint density at radius 3 is 1.94 bits per heavy atom. The second-order valence-corrected chi connectivity index (χ2v) is 10.1. The lowest BCUT2D eigenvalue weighted by atomic mass is 10.0. The van der Waals surface area contributed by atoms with E-state index in [1.54, 1.807) is 0 Å². The van der Waals surface area contributed by atoms with Crippen LogP contribution in [0.2, 0.25) is 4.28 Å². The molecule has 18 heavy (non-hydrogen) atoms. The number of halogens is 1. The van der Waals surface area contributed by atoms with Crippen LogP contribution in [0, 0.1) is 11.8 Å². The zero-order chi connectivity index (χ0) is 14.5. The first-order valence-corrected chi connectivity index (χ1v) is 9.38. The molecule has 0 atom stereocenters. The van der Waals surface area contributed by atoms with Gasteiger partial charge in [0.25, 0.3) is 0 Å². The number of hydrogen-bond donors (Lipinski definition) is 0. The molecule has 0 aliphatic carbocycles. The molecule has 2 nitrogen and oxygen atoms in total. The van der Waals surface area contributed by atoms with Crippen LogP contribution in [0.4, 0.5) is 0 Å². The van der Waals surface area contributed by atoms with E-state index in [0.717, 1.165) is 11.5 Å². The van der Waals surface area contributed by atoms with Crippen molar-refractivity contribution in [1.29, 1.82) is 0 Å². The summed E-state index contributed by atoms with van der Waals surface area (Å²) in [7, 11) is 8.26. The highest BCUT2D eigenvalue weighted by molar-refractivity contribution is 7.04. The summed E-state index contributed by atoms with van der Waals surface area (Å²) in [5, 5.41) is 0. The maximum Gasteiger partial charge on any atom is 0.685 e. The third-order valence-corrected chi connectivity index (χ3v) is 6.70. The predicted molar refractivity (Wildman–Crippen MR) is 83.5 cm³/mol. The van der Waals surface area contributed by atoms with Gasteiger partial charge < -0.3 is 3.79 Å². The first-order valence-electron chi connectivity index (χ1n) is 6.58. The molecular formula is C14H27AlClNO. The van der Waals surface area contributed by atoms with Gasteiger partial charge in [-0.1, -0.05) is 48.5 Å². The van der Waals surface area contributed by atoms with Crippen LogP contribution in [0.15, 0.2) is 16.8 Å². The molecule has 0 aromatic carbocycles. The molecule has 0 radical (unpaired) electrons.